The van der Waals surface area contributed by atoms with Gasteiger partial charge in [-0.1, -0.05) is 19.1 Å². The number of nitrogen functional groups attached to an aromatic ring is 1. The minimum Gasteiger partial charge on any atom is -0.369 e. The molecule has 0 saturated heterocycles. The molecule has 0 aliphatic heterocycles. The van der Waals surface area contributed by atoms with Gasteiger partial charge >= 0.3 is 0 Å². The van der Waals surface area contributed by atoms with E-state index >= 15 is 0 Å². The SMILES string of the molecule is CCC1(n2c(N)nc3c(C)cccc32)CCC1. The van der Waals surface area contributed by atoms with Crippen LogP contribution in [0.15, 0.2) is 18.2 Å². The first-order valence-corrected chi connectivity index (χ1v) is 6.42. The van der Waals surface area contributed by atoms with Crippen LogP contribution in [0.4, 0.5) is 5.95 Å². The number of fused-ring (bicyclic) bond motifs is 1. The topological polar surface area (TPSA) is 43.8 Å². The molecule has 0 amide bonds. The summed E-state index contributed by atoms with van der Waals surface area (Å²) in [4.78, 5) is 4.55. The molecule has 2 N–H and O–H groups in total. The molecule has 3 heteroatoms. The predicted molar refractivity (Wildman–Crippen MR) is 71.0 cm³/mol. The van der Waals surface area contributed by atoms with Crippen molar-refractivity contribution >= 4 is 17.0 Å². The number of aromatic nitrogens is 2. The van der Waals surface area contributed by atoms with Crippen LogP contribution < -0.4 is 5.73 Å². The maximum atomic E-state index is 6.15. The van der Waals surface area contributed by atoms with Gasteiger partial charge in [0.15, 0.2) is 0 Å². The third kappa shape index (κ3) is 1.31. The van der Waals surface area contributed by atoms with Crippen LogP contribution in [0.25, 0.3) is 11.0 Å². The fourth-order valence-corrected chi connectivity index (χ4v) is 3.08. The number of nitrogens with two attached hydrogens (primary N) is 1. The van der Waals surface area contributed by atoms with Gasteiger partial charge in [0, 0.05) is 5.54 Å². The zero-order valence-corrected chi connectivity index (χ0v) is 10.5. The Morgan fingerprint density at radius 2 is 2.18 bits per heavy atom. The summed E-state index contributed by atoms with van der Waals surface area (Å²) < 4.78 is 2.28. The zero-order chi connectivity index (χ0) is 12.0. The molecule has 1 aliphatic carbocycles. The minimum absolute atomic E-state index is 0.229. The number of anilines is 1. The lowest BCUT2D eigenvalue weighted by atomic mass is 9.74. The quantitative estimate of drug-likeness (QED) is 0.859. The Balaban J connectivity index is 2.29. The molecule has 0 atom stereocenters. The highest BCUT2D eigenvalue weighted by Crippen LogP contribution is 2.45. The molecule has 0 unspecified atom stereocenters. The molecule has 0 radical (unpaired) electrons. The van der Waals surface area contributed by atoms with Crippen LogP contribution in [0, 0.1) is 6.92 Å². The van der Waals surface area contributed by atoms with Gasteiger partial charge in [-0.3, -0.25) is 0 Å². The van der Waals surface area contributed by atoms with Crippen molar-refractivity contribution in [2.24, 2.45) is 0 Å². The molecule has 0 spiro atoms. The Labute approximate surface area is 102 Å². The Kier molecular flexibility index (Phi) is 2.18. The third-order valence-electron chi connectivity index (χ3n) is 4.33. The van der Waals surface area contributed by atoms with Gasteiger partial charge in [0.25, 0.3) is 0 Å². The van der Waals surface area contributed by atoms with E-state index in [-0.39, 0.29) is 5.54 Å². The van der Waals surface area contributed by atoms with Crippen LogP contribution in [0.5, 0.6) is 0 Å². The van der Waals surface area contributed by atoms with Gasteiger partial charge in [-0.15, -0.1) is 0 Å². The van der Waals surface area contributed by atoms with Crippen molar-refractivity contribution in [3.05, 3.63) is 23.8 Å². The van der Waals surface area contributed by atoms with E-state index in [0.717, 1.165) is 11.9 Å². The van der Waals surface area contributed by atoms with Crippen molar-refractivity contribution in [3.8, 4) is 0 Å². The summed E-state index contributed by atoms with van der Waals surface area (Å²) in [6, 6.07) is 6.33. The van der Waals surface area contributed by atoms with Crippen molar-refractivity contribution in [2.75, 3.05) is 5.73 Å². The highest BCUT2D eigenvalue weighted by atomic mass is 15.2. The van der Waals surface area contributed by atoms with Crippen molar-refractivity contribution in [3.63, 3.8) is 0 Å². The van der Waals surface area contributed by atoms with Gasteiger partial charge in [-0.05, 0) is 44.2 Å². The molecule has 2 aromatic rings. The predicted octanol–water partition coefficient (Wildman–Crippen LogP) is 3.22. The van der Waals surface area contributed by atoms with Gasteiger partial charge in [-0.25, -0.2) is 4.98 Å². The molecule has 0 bridgehead atoms. The van der Waals surface area contributed by atoms with Gasteiger partial charge in [-0.2, -0.15) is 0 Å². The normalized spacial score (nSPS) is 18.2. The Morgan fingerprint density at radius 3 is 2.76 bits per heavy atom. The highest BCUT2D eigenvalue weighted by Gasteiger charge is 2.39. The first kappa shape index (κ1) is 10.6. The van der Waals surface area contributed by atoms with Gasteiger partial charge in [0.05, 0.1) is 11.0 Å². The van der Waals surface area contributed by atoms with Gasteiger partial charge in [0.2, 0.25) is 5.95 Å². The fourth-order valence-electron chi connectivity index (χ4n) is 3.08. The van der Waals surface area contributed by atoms with Crippen molar-refractivity contribution in [1.82, 2.24) is 9.55 Å². The molecule has 1 fully saturated rings. The molecular weight excluding hydrogens is 210 g/mol. The molecule has 1 heterocycles. The maximum Gasteiger partial charge on any atom is 0.201 e. The van der Waals surface area contributed by atoms with Crippen LogP contribution in [-0.4, -0.2) is 9.55 Å². The molecule has 1 saturated carbocycles. The molecule has 17 heavy (non-hydrogen) atoms. The van der Waals surface area contributed by atoms with E-state index in [9.17, 15) is 0 Å². The first-order valence-electron chi connectivity index (χ1n) is 6.42. The smallest absolute Gasteiger partial charge is 0.201 e. The molecule has 90 valence electrons. The van der Waals surface area contributed by atoms with E-state index in [0.29, 0.717) is 5.95 Å². The van der Waals surface area contributed by atoms with E-state index in [1.807, 2.05) is 0 Å². The number of para-hydroxylation sites is 1. The van der Waals surface area contributed by atoms with E-state index < -0.39 is 0 Å². The third-order valence-corrected chi connectivity index (χ3v) is 4.33. The van der Waals surface area contributed by atoms with E-state index in [1.54, 1.807) is 0 Å². The summed E-state index contributed by atoms with van der Waals surface area (Å²) in [5.74, 6) is 0.677. The summed E-state index contributed by atoms with van der Waals surface area (Å²) in [5, 5.41) is 0. The lowest BCUT2D eigenvalue weighted by Gasteiger charge is -2.43. The Morgan fingerprint density at radius 1 is 1.41 bits per heavy atom. The minimum atomic E-state index is 0.229. The molecule has 3 nitrogen and oxygen atoms in total. The van der Waals surface area contributed by atoms with Crippen LogP contribution in [0.3, 0.4) is 0 Å². The Hall–Kier alpha value is -1.51. The van der Waals surface area contributed by atoms with Crippen LogP contribution in [0.2, 0.25) is 0 Å². The summed E-state index contributed by atoms with van der Waals surface area (Å²) in [6.45, 7) is 4.35. The van der Waals surface area contributed by atoms with Gasteiger partial charge < -0.3 is 10.3 Å². The number of hydrogen-bond acceptors (Lipinski definition) is 2. The average molecular weight is 229 g/mol. The molecule has 1 aromatic heterocycles. The summed E-state index contributed by atoms with van der Waals surface area (Å²) in [6.07, 6.45) is 4.90. The second-order valence-electron chi connectivity index (χ2n) is 5.18. The van der Waals surface area contributed by atoms with Gasteiger partial charge in [0.1, 0.15) is 0 Å². The Bertz CT molecular complexity index is 559. The summed E-state index contributed by atoms with van der Waals surface area (Å²) in [5.41, 5.74) is 9.84. The zero-order valence-electron chi connectivity index (χ0n) is 10.5. The number of hydrogen-bond donors (Lipinski definition) is 1. The lowest BCUT2D eigenvalue weighted by Crippen LogP contribution is -2.40. The number of nitrogens with zero attached hydrogens (tertiary/aromatic N) is 2. The number of imidazole rings is 1. The van der Waals surface area contributed by atoms with E-state index in [1.165, 1.54) is 30.3 Å². The van der Waals surface area contributed by atoms with E-state index in [4.69, 9.17) is 5.73 Å². The molecule has 1 aromatic carbocycles. The van der Waals surface area contributed by atoms with Crippen molar-refractivity contribution in [2.45, 2.75) is 45.1 Å². The van der Waals surface area contributed by atoms with Crippen molar-refractivity contribution in [1.29, 1.82) is 0 Å². The van der Waals surface area contributed by atoms with Crippen molar-refractivity contribution < 1.29 is 0 Å². The summed E-state index contributed by atoms with van der Waals surface area (Å²) in [7, 11) is 0. The number of aryl methyl sites for hydroxylation is 1. The van der Waals surface area contributed by atoms with Crippen LogP contribution >= 0.6 is 0 Å². The second kappa shape index (κ2) is 3.49. The van der Waals surface area contributed by atoms with Crippen LogP contribution in [0.1, 0.15) is 38.2 Å². The molecule has 1 aliphatic rings. The fraction of sp³-hybridized carbons (Fsp3) is 0.500. The monoisotopic (exact) mass is 229 g/mol. The van der Waals surface area contributed by atoms with Crippen LogP contribution in [-0.2, 0) is 5.54 Å². The highest BCUT2D eigenvalue weighted by molar-refractivity contribution is 5.82. The molecular formula is C14H19N3. The average Bonchev–Trinajstić information content (AvgIpc) is 2.58. The lowest BCUT2D eigenvalue weighted by molar-refractivity contribution is 0.144. The maximum absolute atomic E-state index is 6.15. The standard InChI is InChI=1S/C14H19N3/c1-3-14(8-5-9-14)17-11-7-4-6-10(2)12(11)16-13(17)15/h4,6-7H,3,5,8-9H2,1-2H3,(H2,15,16). The first-order chi connectivity index (χ1) is 8.18. The largest absolute Gasteiger partial charge is 0.369 e. The summed E-state index contributed by atoms with van der Waals surface area (Å²) >= 11 is 0. The second-order valence-corrected chi connectivity index (χ2v) is 5.18. The van der Waals surface area contributed by atoms with E-state index in [2.05, 4.69) is 41.6 Å². The number of rotatable bonds is 2. The number of benzene rings is 1. The molecule has 3 rings (SSSR count).